The lowest BCUT2D eigenvalue weighted by molar-refractivity contribution is -0.113. The molecule has 0 radical (unpaired) electrons. The van der Waals surface area contributed by atoms with Crippen LogP contribution in [-0.4, -0.2) is 40.6 Å². The molecule has 170 valence electrons. The Hall–Kier alpha value is -3.00. The number of carbonyl (C=O) groups excluding carboxylic acids is 1. The molecule has 0 unspecified atom stereocenters. The first-order chi connectivity index (χ1) is 15.4. The number of hydrogen-bond acceptors (Lipinski definition) is 6. The normalized spacial score (nSPS) is 10.8. The number of aromatic nitrogens is 3. The van der Waals surface area contributed by atoms with Gasteiger partial charge in [-0.2, -0.15) is 0 Å². The average molecular weight is 455 g/mol. The summed E-state index contributed by atoms with van der Waals surface area (Å²) in [6.45, 7) is 4.03. The Morgan fingerprint density at radius 3 is 2.50 bits per heavy atom. The molecule has 3 aromatic rings. The lowest BCUT2D eigenvalue weighted by Crippen LogP contribution is -2.15. The quantitative estimate of drug-likeness (QED) is 0.459. The van der Waals surface area contributed by atoms with E-state index in [0.717, 1.165) is 47.1 Å². The Morgan fingerprint density at radius 1 is 1.03 bits per heavy atom. The number of anilines is 1. The van der Waals surface area contributed by atoms with Gasteiger partial charge < -0.3 is 19.4 Å². The van der Waals surface area contributed by atoms with E-state index in [0.29, 0.717) is 11.4 Å². The van der Waals surface area contributed by atoms with Crippen molar-refractivity contribution in [3.63, 3.8) is 0 Å². The maximum atomic E-state index is 12.4. The van der Waals surface area contributed by atoms with Gasteiger partial charge in [0.05, 0.1) is 25.7 Å². The molecule has 32 heavy (non-hydrogen) atoms. The zero-order chi connectivity index (χ0) is 23.1. The van der Waals surface area contributed by atoms with Crippen LogP contribution < -0.4 is 14.8 Å². The molecular formula is C24H30N4O3S. The predicted octanol–water partition coefficient (Wildman–Crippen LogP) is 4.36. The monoisotopic (exact) mass is 454 g/mol. The van der Waals surface area contributed by atoms with Crippen molar-refractivity contribution >= 4 is 23.4 Å². The van der Waals surface area contributed by atoms with Gasteiger partial charge in [0, 0.05) is 13.5 Å². The van der Waals surface area contributed by atoms with Crippen molar-refractivity contribution in [1.29, 1.82) is 0 Å². The standard InChI is InChI=1S/C24H30N4O3S/c1-16-9-11-21(31-5)19(13-16)25-23(29)15-32-24-27-26-22(28(24)3)8-6-7-18-10-12-20(30-4)17(2)14-18/h9-14H,6-8,15H2,1-5H3,(H,25,29). The van der Waals surface area contributed by atoms with E-state index < -0.39 is 0 Å². The molecule has 3 rings (SSSR count). The van der Waals surface area contributed by atoms with Crippen molar-refractivity contribution in [2.45, 2.75) is 38.3 Å². The maximum absolute atomic E-state index is 12.4. The zero-order valence-corrected chi connectivity index (χ0v) is 20.1. The number of nitrogens with zero attached hydrogens (tertiary/aromatic N) is 3. The first kappa shape index (κ1) is 23.7. The van der Waals surface area contributed by atoms with Crippen molar-refractivity contribution < 1.29 is 14.3 Å². The van der Waals surface area contributed by atoms with Crippen LogP contribution in [0.25, 0.3) is 0 Å². The van der Waals surface area contributed by atoms with Crippen LogP contribution in [0, 0.1) is 13.8 Å². The van der Waals surface area contributed by atoms with Gasteiger partial charge in [0.1, 0.15) is 17.3 Å². The van der Waals surface area contributed by atoms with Crippen LogP contribution in [0.1, 0.15) is 28.9 Å². The van der Waals surface area contributed by atoms with Crippen LogP contribution in [-0.2, 0) is 24.7 Å². The Bertz CT molecular complexity index is 1080. The molecule has 0 saturated heterocycles. The molecule has 0 aliphatic heterocycles. The average Bonchev–Trinajstić information content (AvgIpc) is 3.12. The number of amides is 1. The largest absolute Gasteiger partial charge is 0.496 e. The second kappa shape index (κ2) is 11.0. The highest BCUT2D eigenvalue weighted by molar-refractivity contribution is 7.99. The van der Waals surface area contributed by atoms with Crippen LogP contribution in [0.4, 0.5) is 5.69 Å². The molecular weight excluding hydrogens is 424 g/mol. The summed E-state index contributed by atoms with van der Waals surface area (Å²) in [6.07, 6.45) is 2.75. The second-order valence-electron chi connectivity index (χ2n) is 7.66. The molecule has 0 atom stereocenters. The highest BCUT2D eigenvalue weighted by Gasteiger charge is 2.13. The predicted molar refractivity (Wildman–Crippen MR) is 128 cm³/mol. The third-order valence-electron chi connectivity index (χ3n) is 5.21. The number of thioether (sulfide) groups is 1. The molecule has 1 amide bonds. The fourth-order valence-corrected chi connectivity index (χ4v) is 4.20. The van der Waals surface area contributed by atoms with Crippen molar-refractivity contribution in [3.8, 4) is 11.5 Å². The van der Waals surface area contributed by atoms with Crippen LogP contribution in [0.15, 0.2) is 41.6 Å². The molecule has 8 heteroatoms. The van der Waals surface area contributed by atoms with Gasteiger partial charge in [-0.05, 0) is 61.6 Å². The summed E-state index contributed by atoms with van der Waals surface area (Å²) in [6, 6.07) is 12.0. The summed E-state index contributed by atoms with van der Waals surface area (Å²) < 4.78 is 12.6. The van der Waals surface area contributed by atoms with Gasteiger partial charge in [0.15, 0.2) is 5.16 Å². The lowest BCUT2D eigenvalue weighted by atomic mass is 10.0. The first-order valence-corrected chi connectivity index (χ1v) is 11.5. The maximum Gasteiger partial charge on any atom is 0.234 e. The molecule has 1 heterocycles. The highest BCUT2D eigenvalue weighted by atomic mass is 32.2. The number of methoxy groups -OCH3 is 2. The van der Waals surface area contributed by atoms with Crippen molar-refractivity contribution in [2.24, 2.45) is 7.05 Å². The van der Waals surface area contributed by atoms with Crippen molar-refractivity contribution in [2.75, 3.05) is 25.3 Å². The van der Waals surface area contributed by atoms with Crippen LogP contribution in [0.5, 0.6) is 11.5 Å². The minimum Gasteiger partial charge on any atom is -0.496 e. The minimum atomic E-state index is -0.113. The van der Waals surface area contributed by atoms with Gasteiger partial charge in [-0.15, -0.1) is 10.2 Å². The number of aryl methyl sites for hydroxylation is 4. The van der Waals surface area contributed by atoms with Crippen LogP contribution in [0.3, 0.4) is 0 Å². The summed E-state index contributed by atoms with van der Waals surface area (Å²) in [4.78, 5) is 12.4. The molecule has 2 aromatic carbocycles. The molecule has 1 aromatic heterocycles. The third-order valence-corrected chi connectivity index (χ3v) is 6.23. The van der Waals surface area contributed by atoms with Crippen LogP contribution >= 0.6 is 11.8 Å². The number of benzene rings is 2. The number of carbonyl (C=O) groups is 1. The summed E-state index contributed by atoms with van der Waals surface area (Å²) >= 11 is 1.37. The van der Waals surface area contributed by atoms with E-state index in [9.17, 15) is 4.79 Å². The van der Waals surface area contributed by atoms with Crippen molar-refractivity contribution in [3.05, 3.63) is 58.9 Å². The fourth-order valence-electron chi connectivity index (χ4n) is 3.47. The summed E-state index contributed by atoms with van der Waals surface area (Å²) in [5, 5.41) is 12.2. The van der Waals surface area contributed by atoms with Gasteiger partial charge in [-0.25, -0.2) is 0 Å². The van der Waals surface area contributed by atoms with Gasteiger partial charge >= 0.3 is 0 Å². The molecule has 0 aliphatic carbocycles. The van der Waals surface area contributed by atoms with Crippen LogP contribution in [0.2, 0.25) is 0 Å². The minimum absolute atomic E-state index is 0.113. The Kier molecular flexibility index (Phi) is 8.16. The topological polar surface area (TPSA) is 78.3 Å². The summed E-state index contributed by atoms with van der Waals surface area (Å²) in [5.41, 5.74) is 4.15. The molecule has 0 saturated carbocycles. The van der Waals surface area contributed by atoms with Gasteiger partial charge in [0.2, 0.25) is 5.91 Å². The Morgan fingerprint density at radius 2 is 1.78 bits per heavy atom. The number of ether oxygens (including phenoxy) is 2. The molecule has 0 spiro atoms. The van der Waals surface area contributed by atoms with Gasteiger partial charge in [0.25, 0.3) is 0 Å². The van der Waals surface area contributed by atoms with E-state index in [-0.39, 0.29) is 11.7 Å². The molecule has 7 nitrogen and oxygen atoms in total. The first-order valence-electron chi connectivity index (χ1n) is 10.5. The van der Waals surface area contributed by atoms with Gasteiger partial charge in [-0.3, -0.25) is 4.79 Å². The number of rotatable bonds is 10. The third kappa shape index (κ3) is 6.03. The van der Waals surface area contributed by atoms with E-state index in [1.807, 2.05) is 42.8 Å². The van der Waals surface area contributed by atoms with E-state index >= 15 is 0 Å². The van der Waals surface area contributed by atoms with Gasteiger partial charge in [-0.1, -0.05) is 30.0 Å². The SMILES string of the molecule is COc1ccc(CCCc2nnc(SCC(=O)Nc3cc(C)ccc3OC)n2C)cc1C. The summed E-state index contributed by atoms with van der Waals surface area (Å²) in [7, 11) is 5.22. The lowest BCUT2D eigenvalue weighted by Gasteiger charge is -2.11. The van der Waals surface area contributed by atoms with E-state index in [2.05, 4.69) is 34.6 Å². The summed E-state index contributed by atoms with van der Waals surface area (Å²) in [5.74, 6) is 2.60. The van der Waals surface area contributed by atoms with E-state index in [4.69, 9.17) is 9.47 Å². The number of nitrogens with one attached hydrogen (secondary N) is 1. The highest BCUT2D eigenvalue weighted by Crippen LogP contribution is 2.26. The number of hydrogen-bond donors (Lipinski definition) is 1. The molecule has 0 fully saturated rings. The molecule has 0 bridgehead atoms. The molecule has 1 N–H and O–H groups in total. The Labute approximate surface area is 193 Å². The second-order valence-corrected chi connectivity index (χ2v) is 8.60. The smallest absolute Gasteiger partial charge is 0.234 e. The van der Waals surface area contributed by atoms with E-state index in [1.165, 1.54) is 17.3 Å². The molecule has 0 aliphatic rings. The Balaban J connectivity index is 1.51. The van der Waals surface area contributed by atoms with Crippen molar-refractivity contribution in [1.82, 2.24) is 14.8 Å². The van der Waals surface area contributed by atoms with E-state index in [1.54, 1.807) is 14.2 Å². The fraction of sp³-hybridized carbons (Fsp3) is 0.375. The zero-order valence-electron chi connectivity index (χ0n) is 19.3.